The third-order valence-corrected chi connectivity index (χ3v) is 4.58. The Hall–Kier alpha value is -1.26. The number of carboxylic acids is 1. The predicted molar refractivity (Wildman–Crippen MR) is 77.3 cm³/mol. The molecule has 1 atom stereocenters. The van der Waals surface area contributed by atoms with Crippen molar-refractivity contribution in [3.8, 4) is 0 Å². The molecule has 2 rings (SSSR count). The lowest BCUT2D eigenvalue weighted by Crippen LogP contribution is -2.36. The van der Waals surface area contributed by atoms with E-state index in [0.717, 1.165) is 0 Å². The Morgan fingerprint density at radius 3 is 2.40 bits per heavy atom. The molecular weight excluding hydrogens is 301 g/mol. The second kappa shape index (κ2) is 5.62. The van der Waals surface area contributed by atoms with Gasteiger partial charge in [-0.05, 0) is 25.0 Å². The number of carboxylic acid groups (broad SMARTS) is 1. The van der Waals surface area contributed by atoms with Gasteiger partial charge in [-0.15, -0.1) is 0 Å². The van der Waals surface area contributed by atoms with Crippen molar-refractivity contribution < 1.29 is 14.7 Å². The van der Waals surface area contributed by atoms with Crippen LogP contribution in [0.5, 0.6) is 0 Å². The van der Waals surface area contributed by atoms with Crippen molar-refractivity contribution in [3.05, 3.63) is 33.8 Å². The zero-order chi connectivity index (χ0) is 14.9. The minimum atomic E-state index is -0.861. The van der Waals surface area contributed by atoms with E-state index in [9.17, 15) is 14.7 Å². The first-order chi connectivity index (χ1) is 9.41. The molecule has 20 heavy (non-hydrogen) atoms. The number of rotatable bonds is 3. The lowest BCUT2D eigenvalue weighted by atomic mass is 9.84. The van der Waals surface area contributed by atoms with Crippen molar-refractivity contribution in [2.24, 2.45) is 5.41 Å². The quantitative estimate of drug-likeness (QED) is 0.930. The van der Waals surface area contributed by atoms with E-state index in [2.05, 4.69) is 0 Å². The van der Waals surface area contributed by atoms with Crippen LogP contribution in [0.25, 0.3) is 0 Å². The maximum Gasteiger partial charge on any atom is 0.311 e. The highest BCUT2D eigenvalue weighted by atomic mass is 35.5. The van der Waals surface area contributed by atoms with E-state index in [4.69, 9.17) is 23.2 Å². The van der Waals surface area contributed by atoms with Gasteiger partial charge >= 0.3 is 5.97 Å². The molecule has 1 aliphatic rings. The summed E-state index contributed by atoms with van der Waals surface area (Å²) in [6.45, 7) is 2.42. The molecule has 1 aliphatic heterocycles. The summed E-state index contributed by atoms with van der Waals surface area (Å²) in [4.78, 5) is 25.4. The SMILES string of the molecule is CCC1(C(=O)O)CCN(C(=O)c2c(Cl)cccc2Cl)C1. The molecule has 0 spiro atoms. The molecule has 1 fully saturated rings. The molecule has 4 nitrogen and oxygen atoms in total. The van der Waals surface area contributed by atoms with E-state index >= 15 is 0 Å². The summed E-state index contributed by atoms with van der Waals surface area (Å²) in [5, 5.41) is 9.92. The molecule has 0 radical (unpaired) electrons. The van der Waals surface area contributed by atoms with Crippen LogP contribution in [0.3, 0.4) is 0 Å². The summed E-state index contributed by atoms with van der Waals surface area (Å²) in [5.41, 5.74) is -0.614. The highest BCUT2D eigenvalue weighted by molar-refractivity contribution is 6.39. The van der Waals surface area contributed by atoms with Crippen molar-refractivity contribution in [1.29, 1.82) is 0 Å². The standard InChI is InChI=1S/C14H15Cl2NO3/c1-2-14(13(19)20)6-7-17(8-14)12(18)11-9(15)4-3-5-10(11)16/h3-5H,2,6-8H2,1H3,(H,19,20). The van der Waals surface area contributed by atoms with Crippen LogP contribution < -0.4 is 0 Å². The molecule has 1 aromatic carbocycles. The van der Waals surface area contributed by atoms with Gasteiger partial charge in [0.05, 0.1) is 21.0 Å². The first-order valence-electron chi connectivity index (χ1n) is 6.38. The first kappa shape index (κ1) is 15.1. The van der Waals surface area contributed by atoms with E-state index in [1.165, 1.54) is 4.90 Å². The third-order valence-electron chi connectivity index (χ3n) is 3.95. The Morgan fingerprint density at radius 1 is 1.35 bits per heavy atom. The fourth-order valence-corrected chi connectivity index (χ4v) is 3.08. The molecular formula is C14H15Cl2NO3. The summed E-state index contributed by atoms with van der Waals surface area (Å²) in [6, 6.07) is 4.86. The number of carbonyl (C=O) groups excluding carboxylic acids is 1. The topological polar surface area (TPSA) is 57.6 Å². The number of amides is 1. The van der Waals surface area contributed by atoms with Gasteiger partial charge in [-0.25, -0.2) is 0 Å². The Balaban J connectivity index is 2.27. The first-order valence-corrected chi connectivity index (χ1v) is 7.13. The molecule has 0 bridgehead atoms. The van der Waals surface area contributed by atoms with Gasteiger partial charge in [0.2, 0.25) is 0 Å². The van der Waals surface area contributed by atoms with Gasteiger partial charge in [0.15, 0.2) is 0 Å². The fraction of sp³-hybridized carbons (Fsp3) is 0.429. The summed E-state index contributed by atoms with van der Waals surface area (Å²) in [5.74, 6) is -1.17. The molecule has 1 heterocycles. The maximum absolute atomic E-state index is 12.5. The highest BCUT2D eigenvalue weighted by Gasteiger charge is 2.45. The minimum absolute atomic E-state index is 0.194. The van der Waals surface area contributed by atoms with E-state index in [1.807, 2.05) is 6.92 Å². The number of nitrogens with zero attached hydrogens (tertiary/aromatic N) is 1. The van der Waals surface area contributed by atoms with Gasteiger partial charge in [-0.3, -0.25) is 9.59 Å². The zero-order valence-corrected chi connectivity index (χ0v) is 12.5. The number of aliphatic carboxylic acids is 1. The number of carbonyl (C=O) groups is 2. The van der Waals surface area contributed by atoms with Crippen LogP contribution in [0.1, 0.15) is 30.1 Å². The smallest absolute Gasteiger partial charge is 0.311 e. The lowest BCUT2D eigenvalue weighted by molar-refractivity contribution is -0.148. The normalized spacial score (nSPS) is 22.1. The van der Waals surface area contributed by atoms with Crippen molar-refractivity contribution in [1.82, 2.24) is 4.90 Å². The zero-order valence-electron chi connectivity index (χ0n) is 11.0. The molecule has 108 valence electrons. The van der Waals surface area contributed by atoms with Gasteiger partial charge in [0.1, 0.15) is 0 Å². The highest BCUT2D eigenvalue weighted by Crippen LogP contribution is 2.36. The molecule has 0 saturated carbocycles. The molecule has 1 N–H and O–H groups in total. The lowest BCUT2D eigenvalue weighted by Gasteiger charge is -2.23. The van der Waals surface area contributed by atoms with Crippen LogP contribution >= 0.6 is 23.2 Å². The average Bonchev–Trinajstić information content (AvgIpc) is 2.84. The van der Waals surface area contributed by atoms with E-state index in [0.29, 0.717) is 19.4 Å². The van der Waals surface area contributed by atoms with Crippen molar-refractivity contribution in [3.63, 3.8) is 0 Å². The summed E-state index contributed by atoms with van der Waals surface area (Å²) < 4.78 is 0. The monoisotopic (exact) mass is 315 g/mol. The number of halogens is 2. The molecule has 1 aromatic rings. The molecule has 0 aromatic heterocycles. The maximum atomic E-state index is 12.5. The summed E-state index contributed by atoms with van der Waals surface area (Å²) in [7, 11) is 0. The minimum Gasteiger partial charge on any atom is -0.481 e. The summed E-state index contributed by atoms with van der Waals surface area (Å²) in [6.07, 6.45) is 0.939. The molecule has 1 saturated heterocycles. The van der Waals surface area contributed by atoms with Crippen LogP contribution in [-0.2, 0) is 4.79 Å². The Labute approximate surface area is 127 Å². The van der Waals surface area contributed by atoms with Gasteiger partial charge in [-0.1, -0.05) is 36.2 Å². The van der Waals surface area contributed by atoms with E-state index in [-0.39, 0.29) is 28.1 Å². The Kier molecular flexibility index (Phi) is 4.25. The fourth-order valence-electron chi connectivity index (χ4n) is 2.52. The van der Waals surface area contributed by atoms with Crippen molar-refractivity contribution in [2.45, 2.75) is 19.8 Å². The van der Waals surface area contributed by atoms with Crippen LogP contribution in [0, 0.1) is 5.41 Å². The van der Waals surface area contributed by atoms with Crippen molar-refractivity contribution in [2.75, 3.05) is 13.1 Å². The predicted octanol–water partition coefficient (Wildman–Crippen LogP) is 3.32. The number of likely N-dealkylation sites (tertiary alicyclic amines) is 1. The van der Waals surface area contributed by atoms with Crippen LogP contribution in [-0.4, -0.2) is 35.0 Å². The Bertz CT molecular complexity index is 541. The van der Waals surface area contributed by atoms with Gasteiger partial charge in [-0.2, -0.15) is 0 Å². The second-order valence-corrected chi connectivity index (χ2v) is 5.83. The van der Waals surface area contributed by atoms with Gasteiger partial charge in [0, 0.05) is 13.1 Å². The van der Waals surface area contributed by atoms with Crippen LogP contribution in [0.4, 0.5) is 0 Å². The van der Waals surface area contributed by atoms with Gasteiger partial charge in [0.25, 0.3) is 5.91 Å². The average molecular weight is 316 g/mol. The number of hydrogen-bond donors (Lipinski definition) is 1. The molecule has 0 aliphatic carbocycles. The van der Waals surface area contributed by atoms with Crippen LogP contribution in [0.2, 0.25) is 10.0 Å². The largest absolute Gasteiger partial charge is 0.481 e. The van der Waals surface area contributed by atoms with E-state index < -0.39 is 11.4 Å². The number of benzene rings is 1. The molecule has 1 unspecified atom stereocenters. The van der Waals surface area contributed by atoms with Gasteiger partial charge < -0.3 is 10.0 Å². The number of hydrogen-bond acceptors (Lipinski definition) is 2. The van der Waals surface area contributed by atoms with Crippen LogP contribution in [0.15, 0.2) is 18.2 Å². The third kappa shape index (κ3) is 2.50. The Morgan fingerprint density at radius 2 is 1.95 bits per heavy atom. The molecule has 6 heteroatoms. The molecule has 1 amide bonds. The van der Waals surface area contributed by atoms with Crippen molar-refractivity contribution >= 4 is 35.1 Å². The van der Waals surface area contributed by atoms with E-state index in [1.54, 1.807) is 18.2 Å². The summed E-state index contributed by atoms with van der Waals surface area (Å²) >= 11 is 12.0. The second-order valence-electron chi connectivity index (χ2n) is 5.01.